The third-order valence-electron chi connectivity index (χ3n) is 3.66. The van der Waals surface area contributed by atoms with Crippen LogP contribution in [0.15, 0.2) is 24.4 Å². The number of benzene rings is 1. The monoisotopic (exact) mass is 314 g/mol. The summed E-state index contributed by atoms with van der Waals surface area (Å²) in [4.78, 5) is 16.1. The Morgan fingerprint density at radius 1 is 1.45 bits per heavy atom. The number of hydrogen-bond donors (Lipinski definition) is 2. The van der Waals surface area contributed by atoms with E-state index >= 15 is 0 Å². The van der Waals surface area contributed by atoms with E-state index in [2.05, 4.69) is 21.7 Å². The van der Waals surface area contributed by atoms with Gasteiger partial charge >= 0.3 is 0 Å². The summed E-state index contributed by atoms with van der Waals surface area (Å²) in [5, 5.41) is 16.5. The molecule has 22 heavy (non-hydrogen) atoms. The van der Waals surface area contributed by atoms with Gasteiger partial charge in [0.05, 0.1) is 23.3 Å². The topological polar surface area (TPSA) is 77.8 Å². The average molecular weight is 315 g/mol. The summed E-state index contributed by atoms with van der Waals surface area (Å²) in [6.45, 7) is 0.849. The van der Waals surface area contributed by atoms with Crippen LogP contribution in [0, 0.1) is 17.2 Å². The summed E-state index contributed by atoms with van der Waals surface area (Å²) in [5.41, 5.74) is 1.71. The molecule has 6 heteroatoms. The maximum atomic E-state index is 11.9. The van der Waals surface area contributed by atoms with E-state index in [1.807, 2.05) is 0 Å². The molecule has 1 aromatic heterocycles. The minimum Gasteiger partial charge on any atom is -0.374 e. The molecule has 0 saturated heterocycles. The fraction of sp³-hybridized carbons (Fsp3) is 0.312. The predicted octanol–water partition coefficient (Wildman–Crippen LogP) is 2.70. The number of rotatable bonds is 5. The van der Waals surface area contributed by atoms with Crippen molar-refractivity contribution in [3.05, 3.63) is 35.0 Å². The lowest BCUT2D eigenvalue weighted by Crippen LogP contribution is -2.31. The zero-order valence-corrected chi connectivity index (χ0v) is 12.7. The van der Waals surface area contributed by atoms with Gasteiger partial charge in [-0.25, -0.2) is 0 Å². The Balaban J connectivity index is 1.79. The molecule has 0 unspecified atom stereocenters. The quantitative estimate of drug-likeness (QED) is 0.889. The van der Waals surface area contributed by atoms with Gasteiger partial charge in [-0.2, -0.15) is 5.26 Å². The molecule has 0 radical (unpaired) electrons. The van der Waals surface area contributed by atoms with Crippen molar-refractivity contribution in [2.45, 2.75) is 12.8 Å². The normalized spacial score (nSPS) is 13.6. The predicted molar refractivity (Wildman–Crippen MR) is 85.7 cm³/mol. The Hall–Kier alpha value is -2.32. The van der Waals surface area contributed by atoms with Crippen LogP contribution in [0.5, 0.6) is 0 Å². The third kappa shape index (κ3) is 3.29. The van der Waals surface area contributed by atoms with Gasteiger partial charge in [0.15, 0.2) is 0 Å². The van der Waals surface area contributed by atoms with E-state index < -0.39 is 0 Å². The van der Waals surface area contributed by atoms with Crippen LogP contribution in [0.2, 0.25) is 5.02 Å². The summed E-state index contributed by atoms with van der Waals surface area (Å²) in [7, 11) is 0. The molecule has 3 rings (SSSR count). The van der Waals surface area contributed by atoms with Crippen molar-refractivity contribution < 1.29 is 4.79 Å². The maximum Gasteiger partial charge on any atom is 0.239 e. The Morgan fingerprint density at radius 3 is 3.00 bits per heavy atom. The van der Waals surface area contributed by atoms with Crippen molar-refractivity contribution in [1.29, 1.82) is 5.26 Å². The number of nitrogens with zero attached hydrogens (tertiary/aromatic N) is 2. The van der Waals surface area contributed by atoms with Crippen LogP contribution >= 0.6 is 11.6 Å². The van der Waals surface area contributed by atoms with Gasteiger partial charge in [0.2, 0.25) is 5.91 Å². The van der Waals surface area contributed by atoms with E-state index in [0.29, 0.717) is 22.2 Å². The molecule has 1 aromatic carbocycles. The van der Waals surface area contributed by atoms with Crippen LogP contribution in [-0.2, 0) is 4.79 Å². The summed E-state index contributed by atoms with van der Waals surface area (Å²) in [6, 6.07) is 7.37. The van der Waals surface area contributed by atoms with E-state index in [0.717, 1.165) is 17.4 Å². The van der Waals surface area contributed by atoms with Gasteiger partial charge < -0.3 is 10.6 Å². The Labute approximate surface area is 133 Å². The second kappa shape index (κ2) is 6.20. The molecule has 5 nitrogen and oxygen atoms in total. The van der Waals surface area contributed by atoms with E-state index in [4.69, 9.17) is 11.6 Å². The van der Waals surface area contributed by atoms with E-state index in [-0.39, 0.29) is 12.5 Å². The van der Waals surface area contributed by atoms with Gasteiger partial charge in [0.1, 0.15) is 6.07 Å². The molecule has 2 aromatic rings. The van der Waals surface area contributed by atoms with Crippen LogP contribution in [0.25, 0.3) is 10.9 Å². The summed E-state index contributed by atoms with van der Waals surface area (Å²) < 4.78 is 0. The minimum atomic E-state index is -0.0808. The Morgan fingerprint density at radius 2 is 2.27 bits per heavy atom. The van der Waals surface area contributed by atoms with Crippen LogP contribution < -0.4 is 10.6 Å². The molecular formula is C16H15ClN4O. The number of amides is 1. The number of pyridine rings is 1. The number of hydrogen-bond acceptors (Lipinski definition) is 4. The number of nitriles is 1. The number of carbonyl (C=O) groups excluding carboxylic acids is 1. The molecule has 1 aliphatic carbocycles. The molecule has 1 amide bonds. The van der Waals surface area contributed by atoms with Gasteiger partial charge in [0.25, 0.3) is 0 Å². The molecule has 2 N–H and O–H groups in total. The van der Waals surface area contributed by atoms with Gasteiger partial charge in [-0.1, -0.05) is 11.6 Å². The van der Waals surface area contributed by atoms with Crippen LogP contribution in [-0.4, -0.2) is 24.0 Å². The Kier molecular flexibility index (Phi) is 4.12. The largest absolute Gasteiger partial charge is 0.374 e. The molecule has 1 saturated carbocycles. The highest BCUT2D eigenvalue weighted by atomic mass is 35.5. The molecule has 0 aliphatic heterocycles. The molecular weight excluding hydrogens is 300 g/mol. The fourth-order valence-electron chi connectivity index (χ4n) is 2.25. The van der Waals surface area contributed by atoms with Crippen molar-refractivity contribution in [3.8, 4) is 6.07 Å². The lowest BCUT2D eigenvalue weighted by atomic mass is 10.1. The number of halogens is 1. The van der Waals surface area contributed by atoms with Crippen molar-refractivity contribution in [2.24, 2.45) is 5.92 Å². The number of anilines is 1. The fourth-order valence-corrected chi connectivity index (χ4v) is 2.42. The number of carbonyl (C=O) groups is 1. The molecule has 1 aliphatic rings. The molecule has 0 atom stereocenters. The van der Waals surface area contributed by atoms with Crippen molar-refractivity contribution in [1.82, 2.24) is 10.3 Å². The second-order valence-corrected chi connectivity index (χ2v) is 5.86. The van der Waals surface area contributed by atoms with E-state index in [1.54, 1.807) is 18.2 Å². The summed E-state index contributed by atoms with van der Waals surface area (Å²) in [5.74, 6) is 0.557. The van der Waals surface area contributed by atoms with Crippen LogP contribution in [0.4, 0.5) is 5.69 Å². The van der Waals surface area contributed by atoms with E-state index in [1.165, 1.54) is 19.0 Å². The van der Waals surface area contributed by atoms with Crippen LogP contribution in [0.3, 0.4) is 0 Å². The first-order chi connectivity index (χ1) is 10.7. The molecule has 0 spiro atoms. The Bertz CT molecular complexity index is 765. The van der Waals surface area contributed by atoms with Crippen molar-refractivity contribution >= 4 is 34.1 Å². The van der Waals surface area contributed by atoms with Crippen LogP contribution in [0.1, 0.15) is 18.4 Å². The summed E-state index contributed by atoms with van der Waals surface area (Å²) in [6.07, 6.45) is 3.89. The maximum absolute atomic E-state index is 11.9. The summed E-state index contributed by atoms with van der Waals surface area (Å²) >= 11 is 6.02. The second-order valence-electron chi connectivity index (χ2n) is 5.42. The minimum absolute atomic E-state index is 0.0808. The standard InChI is InChI=1S/C16H15ClN4O/c17-12-3-4-14-13(5-12)16(11(6-18)8-19-14)21-9-15(22)20-7-10-1-2-10/h3-5,8,10H,1-2,7,9H2,(H,19,21)(H,20,22). The third-order valence-corrected chi connectivity index (χ3v) is 3.90. The first-order valence-electron chi connectivity index (χ1n) is 7.16. The van der Waals surface area contributed by atoms with E-state index in [9.17, 15) is 10.1 Å². The number of aromatic nitrogens is 1. The lowest BCUT2D eigenvalue weighted by Gasteiger charge is -2.11. The highest BCUT2D eigenvalue weighted by Gasteiger charge is 2.21. The molecule has 0 bridgehead atoms. The lowest BCUT2D eigenvalue weighted by molar-refractivity contribution is -0.119. The van der Waals surface area contributed by atoms with Gasteiger partial charge in [-0.3, -0.25) is 9.78 Å². The van der Waals surface area contributed by atoms with Gasteiger partial charge in [-0.05, 0) is 37.0 Å². The first-order valence-corrected chi connectivity index (χ1v) is 7.54. The highest BCUT2D eigenvalue weighted by Crippen LogP contribution is 2.28. The molecule has 1 heterocycles. The van der Waals surface area contributed by atoms with Crippen molar-refractivity contribution in [2.75, 3.05) is 18.4 Å². The van der Waals surface area contributed by atoms with Gasteiger partial charge in [0, 0.05) is 23.2 Å². The zero-order chi connectivity index (χ0) is 15.5. The molecule has 112 valence electrons. The average Bonchev–Trinajstić information content (AvgIpc) is 3.34. The SMILES string of the molecule is N#Cc1cnc2ccc(Cl)cc2c1NCC(=O)NCC1CC1. The number of fused-ring (bicyclic) bond motifs is 1. The highest BCUT2D eigenvalue weighted by molar-refractivity contribution is 6.31. The van der Waals surface area contributed by atoms with Gasteiger partial charge in [-0.15, -0.1) is 0 Å². The smallest absolute Gasteiger partial charge is 0.239 e. The zero-order valence-electron chi connectivity index (χ0n) is 11.9. The first kappa shape index (κ1) is 14.6. The number of nitrogens with one attached hydrogen (secondary N) is 2. The molecule has 1 fully saturated rings. The van der Waals surface area contributed by atoms with Crippen molar-refractivity contribution in [3.63, 3.8) is 0 Å².